The smallest absolute Gasteiger partial charge is 0.0449 e. The summed E-state index contributed by atoms with van der Waals surface area (Å²) in [4.78, 5) is 2.52. The highest BCUT2D eigenvalue weighted by Gasteiger charge is 2.23. The fourth-order valence-corrected chi connectivity index (χ4v) is 4.01. The van der Waals surface area contributed by atoms with E-state index in [-0.39, 0.29) is 12.6 Å². The molecule has 0 radical (unpaired) electrons. The average molecular weight is 320 g/mol. The summed E-state index contributed by atoms with van der Waals surface area (Å²) in [5, 5.41) is 18.3. The first-order valence-corrected chi connectivity index (χ1v) is 8.84. The van der Waals surface area contributed by atoms with Crippen LogP contribution in [0.15, 0.2) is 54.6 Å². The first-order valence-electron chi connectivity index (χ1n) is 8.84. The zero-order chi connectivity index (χ0) is 16.4. The lowest BCUT2D eigenvalue weighted by molar-refractivity contribution is 0.142. The molecule has 1 aliphatic heterocycles. The van der Waals surface area contributed by atoms with E-state index in [1.165, 1.54) is 27.1 Å². The molecule has 1 fully saturated rings. The maximum Gasteiger partial charge on any atom is 0.0449 e. The van der Waals surface area contributed by atoms with E-state index in [1.807, 2.05) is 0 Å². The Bertz CT molecular complexity index is 839. The third-order valence-corrected chi connectivity index (χ3v) is 5.15. The molecule has 0 unspecified atom stereocenters. The zero-order valence-corrected chi connectivity index (χ0v) is 13.9. The SMILES string of the molecule is OCC[C@@H](c1cc2ccccc2c2ccccc12)N1CCNCC1. The van der Waals surface area contributed by atoms with Crippen molar-refractivity contribution in [1.29, 1.82) is 0 Å². The summed E-state index contributed by atoms with van der Waals surface area (Å²) in [6.45, 7) is 4.33. The molecule has 4 rings (SSSR count). The van der Waals surface area contributed by atoms with Crippen molar-refractivity contribution in [2.24, 2.45) is 0 Å². The summed E-state index contributed by atoms with van der Waals surface area (Å²) in [7, 11) is 0. The molecule has 3 aromatic carbocycles. The molecule has 3 heteroatoms. The fraction of sp³-hybridized carbons (Fsp3) is 0.333. The number of benzene rings is 3. The lowest BCUT2D eigenvalue weighted by atomic mass is 9.91. The van der Waals surface area contributed by atoms with E-state index >= 15 is 0 Å². The number of piperazine rings is 1. The van der Waals surface area contributed by atoms with Gasteiger partial charge in [-0.2, -0.15) is 0 Å². The average Bonchev–Trinajstić information content (AvgIpc) is 2.66. The van der Waals surface area contributed by atoms with Crippen molar-refractivity contribution in [3.8, 4) is 0 Å². The normalized spacial score (nSPS) is 17.4. The second kappa shape index (κ2) is 6.89. The Labute approximate surface area is 142 Å². The summed E-state index contributed by atoms with van der Waals surface area (Å²) in [5.74, 6) is 0. The van der Waals surface area contributed by atoms with Crippen LogP contribution in [-0.4, -0.2) is 42.8 Å². The number of aliphatic hydroxyl groups excluding tert-OH is 1. The van der Waals surface area contributed by atoms with Crippen molar-refractivity contribution in [3.63, 3.8) is 0 Å². The van der Waals surface area contributed by atoms with Crippen LogP contribution in [0.2, 0.25) is 0 Å². The molecule has 0 aromatic heterocycles. The minimum atomic E-state index is 0.218. The number of nitrogens with one attached hydrogen (secondary N) is 1. The van der Waals surface area contributed by atoms with Gasteiger partial charge in [-0.15, -0.1) is 0 Å². The standard InChI is InChI=1S/C21H24N2O/c24-14-9-21(23-12-10-22-11-13-23)20-15-16-5-1-2-6-17(16)18-7-3-4-8-19(18)20/h1-8,15,21-22,24H,9-14H2/t21-/m0/s1. The Balaban J connectivity index is 1.91. The van der Waals surface area contributed by atoms with Crippen molar-refractivity contribution in [2.75, 3.05) is 32.8 Å². The summed E-state index contributed by atoms with van der Waals surface area (Å²) >= 11 is 0. The molecular weight excluding hydrogens is 296 g/mol. The Kier molecular flexibility index (Phi) is 4.48. The third kappa shape index (κ3) is 2.80. The summed E-state index contributed by atoms with van der Waals surface area (Å²) in [6, 6.07) is 19.9. The second-order valence-corrected chi connectivity index (χ2v) is 6.55. The lowest BCUT2D eigenvalue weighted by Crippen LogP contribution is -2.45. The van der Waals surface area contributed by atoms with Gasteiger partial charge in [0.05, 0.1) is 0 Å². The molecule has 1 saturated heterocycles. The molecule has 24 heavy (non-hydrogen) atoms. The number of fused-ring (bicyclic) bond motifs is 3. The van der Waals surface area contributed by atoms with Crippen molar-refractivity contribution < 1.29 is 5.11 Å². The first-order chi connectivity index (χ1) is 11.9. The van der Waals surface area contributed by atoms with Crippen molar-refractivity contribution in [1.82, 2.24) is 10.2 Å². The molecule has 1 heterocycles. The number of hydrogen-bond acceptors (Lipinski definition) is 3. The van der Waals surface area contributed by atoms with Gasteiger partial charge in [-0.05, 0) is 39.6 Å². The van der Waals surface area contributed by atoms with E-state index in [4.69, 9.17) is 0 Å². The molecule has 3 nitrogen and oxygen atoms in total. The van der Waals surface area contributed by atoms with Gasteiger partial charge in [-0.25, -0.2) is 0 Å². The molecule has 0 amide bonds. The molecular formula is C21H24N2O. The predicted octanol–water partition coefficient (Wildman–Crippen LogP) is 3.32. The first kappa shape index (κ1) is 15.6. The van der Waals surface area contributed by atoms with Crippen LogP contribution in [0.4, 0.5) is 0 Å². The van der Waals surface area contributed by atoms with Gasteiger partial charge in [0.15, 0.2) is 0 Å². The van der Waals surface area contributed by atoms with E-state index in [0.717, 1.165) is 32.6 Å². The highest BCUT2D eigenvalue weighted by Crippen LogP contribution is 2.35. The van der Waals surface area contributed by atoms with Crippen LogP contribution in [-0.2, 0) is 0 Å². The maximum atomic E-state index is 9.67. The second-order valence-electron chi connectivity index (χ2n) is 6.55. The lowest BCUT2D eigenvalue weighted by Gasteiger charge is -2.35. The van der Waals surface area contributed by atoms with Gasteiger partial charge in [0.2, 0.25) is 0 Å². The summed E-state index contributed by atoms with van der Waals surface area (Å²) < 4.78 is 0. The van der Waals surface area contributed by atoms with Crippen LogP contribution in [0.25, 0.3) is 21.5 Å². The highest BCUT2D eigenvalue weighted by molar-refractivity contribution is 6.09. The van der Waals surface area contributed by atoms with Crippen molar-refractivity contribution in [3.05, 3.63) is 60.2 Å². The fourth-order valence-electron chi connectivity index (χ4n) is 4.01. The molecule has 0 aliphatic carbocycles. The molecule has 0 saturated carbocycles. The summed E-state index contributed by atoms with van der Waals surface area (Å²) in [5.41, 5.74) is 1.35. The Morgan fingerprint density at radius 3 is 2.33 bits per heavy atom. The Morgan fingerprint density at radius 2 is 1.58 bits per heavy atom. The predicted molar refractivity (Wildman–Crippen MR) is 100 cm³/mol. The molecule has 1 aliphatic rings. The molecule has 2 N–H and O–H groups in total. The van der Waals surface area contributed by atoms with Gasteiger partial charge < -0.3 is 10.4 Å². The van der Waals surface area contributed by atoms with E-state index in [2.05, 4.69) is 64.8 Å². The zero-order valence-electron chi connectivity index (χ0n) is 13.9. The Hall–Kier alpha value is -1.94. The van der Waals surface area contributed by atoms with Gasteiger partial charge in [0, 0.05) is 38.8 Å². The van der Waals surface area contributed by atoms with Crippen LogP contribution in [0.3, 0.4) is 0 Å². The number of rotatable bonds is 4. The van der Waals surface area contributed by atoms with Crippen LogP contribution in [0.1, 0.15) is 18.0 Å². The van der Waals surface area contributed by atoms with Crippen LogP contribution in [0.5, 0.6) is 0 Å². The number of hydrogen-bond donors (Lipinski definition) is 2. The molecule has 0 spiro atoms. The third-order valence-electron chi connectivity index (χ3n) is 5.15. The van der Waals surface area contributed by atoms with E-state index < -0.39 is 0 Å². The number of nitrogens with zero attached hydrogens (tertiary/aromatic N) is 1. The maximum absolute atomic E-state index is 9.67. The minimum absolute atomic E-state index is 0.218. The quantitative estimate of drug-likeness (QED) is 0.724. The molecule has 124 valence electrons. The van der Waals surface area contributed by atoms with Gasteiger partial charge in [0.25, 0.3) is 0 Å². The van der Waals surface area contributed by atoms with Crippen molar-refractivity contribution >= 4 is 21.5 Å². The summed E-state index contributed by atoms with van der Waals surface area (Å²) in [6.07, 6.45) is 0.780. The van der Waals surface area contributed by atoms with Crippen LogP contribution >= 0.6 is 0 Å². The van der Waals surface area contributed by atoms with Gasteiger partial charge in [0.1, 0.15) is 0 Å². The molecule has 3 aromatic rings. The van der Waals surface area contributed by atoms with Crippen molar-refractivity contribution in [2.45, 2.75) is 12.5 Å². The van der Waals surface area contributed by atoms with Gasteiger partial charge >= 0.3 is 0 Å². The van der Waals surface area contributed by atoms with Crippen LogP contribution in [0, 0.1) is 0 Å². The minimum Gasteiger partial charge on any atom is -0.396 e. The number of aliphatic hydroxyl groups is 1. The topological polar surface area (TPSA) is 35.5 Å². The van der Waals surface area contributed by atoms with E-state index in [0.29, 0.717) is 0 Å². The van der Waals surface area contributed by atoms with Gasteiger partial charge in [-0.3, -0.25) is 4.90 Å². The van der Waals surface area contributed by atoms with E-state index in [9.17, 15) is 5.11 Å². The Morgan fingerprint density at radius 1 is 0.917 bits per heavy atom. The largest absolute Gasteiger partial charge is 0.396 e. The van der Waals surface area contributed by atoms with Crippen LogP contribution < -0.4 is 5.32 Å². The molecule has 0 bridgehead atoms. The monoisotopic (exact) mass is 320 g/mol. The highest BCUT2D eigenvalue weighted by atomic mass is 16.3. The van der Waals surface area contributed by atoms with Gasteiger partial charge in [-0.1, -0.05) is 48.5 Å². The molecule has 1 atom stereocenters. The van der Waals surface area contributed by atoms with E-state index in [1.54, 1.807) is 0 Å².